The second-order valence-corrected chi connectivity index (χ2v) is 5.46. The number of aromatic nitrogens is 1. The molecule has 1 aliphatic rings. The van der Waals surface area contributed by atoms with Gasteiger partial charge in [0.25, 0.3) is 0 Å². The van der Waals surface area contributed by atoms with Gasteiger partial charge < -0.3 is 0 Å². The number of aryl methyl sites for hydroxylation is 1. The van der Waals surface area contributed by atoms with Crippen molar-refractivity contribution in [1.82, 2.24) is 4.98 Å². The van der Waals surface area contributed by atoms with Crippen LogP contribution in [0, 0.1) is 5.92 Å². The van der Waals surface area contributed by atoms with Crippen molar-refractivity contribution in [2.75, 3.05) is 0 Å². The van der Waals surface area contributed by atoms with Crippen molar-refractivity contribution in [2.24, 2.45) is 5.92 Å². The van der Waals surface area contributed by atoms with E-state index in [1.165, 1.54) is 23.4 Å². The van der Waals surface area contributed by atoms with Gasteiger partial charge in [-0.05, 0) is 36.7 Å². The summed E-state index contributed by atoms with van der Waals surface area (Å²) in [5.41, 5.74) is 1.52. The highest BCUT2D eigenvalue weighted by Crippen LogP contribution is 2.49. The second kappa shape index (κ2) is 4.38. The molecule has 0 spiro atoms. The molecule has 0 radical (unpaired) electrons. The van der Waals surface area contributed by atoms with Crippen LogP contribution in [0.1, 0.15) is 29.3 Å². The summed E-state index contributed by atoms with van der Waals surface area (Å²) in [4.78, 5) is 4.33. The van der Waals surface area contributed by atoms with Crippen molar-refractivity contribution in [1.29, 1.82) is 0 Å². The molecule has 2 atom stereocenters. The van der Waals surface area contributed by atoms with Gasteiger partial charge in [-0.15, -0.1) is 11.3 Å². The zero-order valence-corrected chi connectivity index (χ0v) is 9.99. The first-order chi connectivity index (χ1) is 7.93. The molecule has 0 bridgehead atoms. The predicted octanol–water partition coefficient (Wildman–Crippen LogP) is 3.88. The second-order valence-electron chi connectivity index (χ2n) is 4.48. The lowest BCUT2D eigenvalue weighted by Crippen LogP contribution is -1.88. The van der Waals surface area contributed by atoms with Gasteiger partial charge in [0.2, 0.25) is 0 Å². The molecular formula is C14H15NS. The van der Waals surface area contributed by atoms with Gasteiger partial charge in [-0.2, -0.15) is 0 Å². The summed E-state index contributed by atoms with van der Waals surface area (Å²) in [6.45, 7) is 0. The Bertz CT molecular complexity index is 435. The molecule has 1 aromatic carbocycles. The standard InChI is InChI=1S/C14H15NS/c1-2-4-11(5-3-1)13-10-12(13)6-7-14-15-8-9-16-14/h1-5,8-9,12-13H,6-7,10H2/t12-,13?/m0/s1. The molecule has 2 aromatic rings. The number of thiazole rings is 1. The zero-order chi connectivity index (χ0) is 10.8. The Labute approximate surface area is 100 Å². The summed E-state index contributed by atoms with van der Waals surface area (Å²) >= 11 is 1.78. The Kier molecular flexibility index (Phi) is 2.75. The van der Waals surface area contributed by atoms with E-state index in [1.807, 2.05) is 6.20 Å². The Morgan fingerprint density at radius 1 is 1.25 bits per heavy atom. The Morgan fingerprint density at radius 3 is 2.88 bits per heavy atom. The molecule has 1 aromatic heterocycles. The molecule has 2 heteroatoms. The van der Waals surface area contributed by atoms with Crippen molar-refractivity contribution in [3.05, 3.63) is 52.5 Å². The molecule has 1 nitrogen and oxygen atoms in total. The molecular weight excluding hydrogens is 214 g/mol. The quantitative estimate of drug-likeness (QED) is 0.775. The highest BCUT2D eigenvalue weighted by molar-refractivity contribution is 7.09. The van der Waals surface area contributed by atoms with Gasteiger partial charge >= 0.3 is 0 Å². The number of rotatable bonds is 4. The van der Waals surface area contributed by atoms with Crippen LogP contribution in [0.5, 0.6) is 0 Å². The summed E-state index contributed by atoms with van der Waals surface area (Å²) in [6, 6.07) is 10.9. The van der Waals surface area contributed by atoms with E-state index < -0.39 is 0 Å². The molecule has 1 aliphatic carbocycles. The largest absolute Gasteiger partial charge is 0.250 e. The van der Waals surface area contributed by atoms with Gasteiger partial charge in [0.15, 0.2) is 0 Å². The van der Waals surface area contributed by atoms with Gasteiger partial charge in [0, 0.05) is 11.6 Å². The molecule has 82 valence electrons. The van der Waals surface area contributed by atoms with Crippen LogP contribution in [0.2, 0.25) is 0 Å². The van der Waals surface area contributed by atoms with Gasteiger partial charge in [-0.1, -0.05) is 30.3 Å². The molecule has 0 aliphatic heterocycles. The lowest BCUT2D eigenvalue weighted by molar-refractivity contribution is 0.701. The van der Waals surface area contributed by atoms with Gasteiger partial charge in [-0.3, -0.25) is 0 Å². The van der Waals surface area contributed by atoms with Gasteiger partial charge in [-0.25, -0.2) is 4.98 Å². The molecule has 1 saturated carbocycles. The fourth-order valence-corrected chi connectivity index (χ4v) is 3.00. The maximum absolute atomic E-state index is 4.33. The SMILES string of the molecule is c1ccc(C2C[C@@H]2CCc2nccs2)cc1. The number of hydrogen-bond donors (Lipinski definition) is 0. The molecule has 1 fully saturated rings. The van der Waals surface area contributed by atoms with Crippen molar-refractivity contribution < 1.29 is 0 Å². The topological polar surface area (TPSA) is 12.9 Å². The van der Waals surface area contributed by atoms with Crippen LogP contribution in [-0.4, -0.2) is 4.98 Å². The van der Waals surface area contributed by atoms with E-state index >= 15 is 0 Å². The van der Waals surface area contributed by atoms with E-state index in [0.29, 0.717) is 0 Å². The van der Waals surface area contributed by atoms with E-state index in [2.05, 4.69) is 40.7 Å². The van der Waals surface area contributed by atoms with Crippen LogP contribution in [0.15, 0.2) is 41.9 Å². The minimum absolute atomic E-state index is 0.821. The highest BCUT2D eigenvalue weighted by Gasteiger charge is 2.37. The smallest absolute Gasteiger partial charge is 0.0924 e. The van der Waals surface area contributed by atoms with E-state index in [0.717, 1.165) is 18.3 Å². The third-order valence-corrected chi connectivity index (χ3v) is 4.20. The minimum atomic E-state index is 0.821. The third-order valence-electron chi connectivity index (χ3n) is 3.36. The van der Waals surface area contributed by atoms with Crippen LogP contribution < -0.4 is 0 Å². The number of nitrogens with zero attached hydrogens (tertiary/aromatic N) is 1. The average Bonchev–Trinajstić information content (AvgIpc) is 2.93. The van der Waals surface area contributed by atoms with E-state index in [9.17, 15) is 0 Å². The van der Waals surface area contributed by atoms with Crippen LogP contribution in [-0.2, 0) is 6.42 Å². The van der Waals surface area contributed by atoms with Crippen LogP contribution in [0.4, 0.5) is 0 Å². The maximum Gasteiger partial charge on any atom is 0.0924 e. The van der Waals surface area contributed by atoms with E-state index in [4.69, 9.17) is 0 Å². The van der Waals surface area contributed by atoms with Crippen LogP contribution in [0.25, 0.3) is 0 Å². The molecule has 0 saturated heterocycles. The summed E-state index contributed by atoms with van der Waals surface area (Å²) in [7, 11) is 0. The van der Waals surface area contributed by atoms with Crippen molar-refractivity contribution in [2.45, 2.75) is 25.2 Å². The minimum Gasteiger partial charge on any atom is -0.250 e. The van der Waals surface area contributed by atoms with Gasteiger partial charge in [0.1, 0.15) is 0 Å². The summed E-state index contributed by atoms with van der Waals surface area (Å²) in [6.07, 6.45) is 5.73. The predicted molar refractivity (Wildman–Crippen MR) is 67.7 cm³/mol. The third kappa shape index (κ3) is 2.17. The molecule has 1 unspecified atom stereocenters. The van der Waals surface area contributed by atoms with Crippen molar-refractivity contribution in [3.63, 3.8) is 0 Å². The molecule has 0 amide bonds. The lowest BCUT2D eigenvalue weighted by atomic mass is 10.1. The zero-order valence-electron chi connectivity index (χ0n) is 9.17. The van der Waals surface area contributed by atoms with Gasteiger partial charge in [0.05, 0.1) is 5.01 Å². The van der Waals surface area contributed by atoms with E-state index in [-0.39, 0.29) is 0 Å². The Hall–Kier alpha value is -1.15. The Morgan fingerprint density at radius 2 is 2.12 bits per heavy atom. The summed E-state index contributed by atoms with van der Waals surface area (Å²) in [5, 5.41) is 3.36. The molecule has 3 rings (SSSR count). The first-order valence-electron chi connectivity index (χ1n) is 5.87. The maximum atomic E-state index is 4.33. The van der Waals surface area contributed by atoms with Crippen molar-refractivity contribution in [3.8, 4) is 0 Å². The fourth-order valence-electron chi connectivity index (χ4n) is 2.36. The fraction of sp³-hybridized carbons (Fsp3) is 0.357. The molecule has 0 N–H and O–H groups in total. The van der Waals surface area contributed by atoms with E-state index in [1.54, 1.807) is 11.3 Å². The average molecular weight is 229 g/mol. The monoisotopic (exact) mass is 229 g/mol. The lowest BCUT2D eigenvalue weighted by Gasteiger charge is -1.99. The van der Waals surface area contributed by atoms with Crippen LogP contribution in [0.3, 0.4) is 0 Å². The Balaban J connectivity index is 1.53. The normalized spacial score (nSPS) is 23.2. The molecule has 16 heavy (non-hydrogen) atoms. The number of benzene rings is 1. The van der Waals surface area contributed by atoms with Crippen molar-refractivity contribution >= 4 is 11.3 Å². The highest BCUT2D eigenvalue weighted by atomic mass is 32.1. The van der Waals surface area contributed by atoms with Crippen LogP contribution >= 0.6 is 11.3 Å². The first kappa shape index (κ1) is 10.0. The summed E-state index contributed by atoms with van der Waals surface area (Å²) in [5.74, 6) is 1.72. The molecule has 1 heterocycles. The first-order valence-corrected chi connectivity index (χ1v) is 6.75. The number of hydrogen-bond acceptors (Lipinski definition) is 2. The summed E-state index contributed by atoms with van der Waals surface area (Å²) < 4.78 is 0.